The molecule has 13 heavy (non-hydrogen) atoms. The third-order valence-electron chi connectivity index (χ3n) is 1.21. The monoisotopic (exact) mass is 182 g/mol. The van der Waals surface area contributed by atoms with Gasteiger partial charge in [-0.15, -0.1) is 0 Å². The Bertz CT molecular complexity index is 257. The van der Waals surface area contributed by atoms with Crippen LogP contribution >= 0.6 is 0 Å². The van der Waals surface area contributed by atoms with E-state index in [1.54, 1.807) is 12.1 Å². The lowest BCUT2D eigenvalue weighted by molar-refractivity contribution is 0.0600. The fourth-order valence-corrected chi connectivity index (χ4v) is 0.644. The molecule has 0 aromatic carbocycles. The van der Waals surface area contributed by atoms with Crippen LogP contribution in [0.4, 0.5) is 5.82 Å². The van der Waals surface area contributed by atoms with E-state index >= 15 is 0 Å². The molecule has 72 valence electrons. The van der Waals surface area contributed by atoms with Crippen LogP contribution in [0.15, 0.2) is 18.3 Å². The highest BCUT2D eigenvalue weighted by molar-refractivity contribution is 5.89. The van der Waals surface area contributed by atoms with Crippen molar-refractivity contribution in [2.75, 3.05) is 12.8 Å². The second kappa shape index (κ2) is 5.99. The fourth-order valence-electron chi connectivity index (χ4n) is 0.644. The van der Waals surface area contributed by atoms with Crippen LogP contribution in [0.3, 0.4) is 0 Å². The molecule has 1 aromatic rings. The number of nitrogens with two attached hydrogens (primary N) is 1. The topological polar surface area (TPSA) is 65.2 Å². The van der Waals surface area contributed by atoms with Gasteiger partial charge in [-0.2, -0.15) is 0 Å². The number of esters is 1. The Morgan fingerprint density at radius 1 is 1.46 bits per heavy atom. The summed E-state index contributed by atoms with van der Waals surface area (Å²) in [5, 5.41) is 0. The normalized spacial score (nSPS) is 8.23. The van der Waals surface area contributed by atoms with Gasteiger partial charge in [-0.25, -0.2) is 9.78 Å². The van der Waals surface area contributed by atoms with E-state index in [9.17, 15) is 4.79 Å². The molecular formula is C9H14N2O2. The predicted molar refractivity (Wildman–Crippen MR) is 51.3 cm³/mol. The summed E-state index contributed by atoms with van der Waals surface area (Å²) in [4.78, 5) is 14.5. The summed E-state index contributed by atoms with van der Waals surface area (Å²) >= 11 is 0. The van der Waals surface area contributed by atoms with Crippen molar-refractivity contribution in [3.63, 3.8) is 0 Å². The molecule has 2 N–H and O–H groups in total. The van der Waals surface area contributed by atoms with Gasteiger partial charge in [0.15, 0.2) is 0 Å². The summed E-state index contributed by atoms with van der Waals surface area (Å²) < 4.78 is 4.46. The summed E-state index contributed by atoms with van der Waals surface area (Å²) in [6.45, 7) is 4.00. The van der Waals surface area contributed by atoms with E-state index in [2.05, 4.69) is 9.72 Å². The molecule has 4 nitrogen and oxygen atoms in total. The average Bonchev–Trinajstić information content (AvgIpc) is 2.21. The van der Waals surface area contributed by atoms with Crippen LogP contribution in [-0.2, 0) is 4.74 Å². The number of nitrogens with zero attached hydrogens (tertiary/aromatic N) is 1. The number of carbonyl (C=O) groups excluding carboxylic acids is 1. The van der Waals surface area contributed by atoms with E-state index in [-0.39, 0.29) is 0 Å². The van der Waals surface area contributed by atoms with Crippen molar-refractivity contribution in [1.82, 2.24) is 4.98 Å². The Morgan fingerprint density at radius 3 is 2.46 bits per heavy atom. The Morgan fingerprint density at radius 2 is 2.08 bits per heavy atom. The van der Waals surface area contributed by atoms with Gasteiger partial charge in [-0.1, -0.05) is 13.8 Å². The molecule has 0 unspecified atom stereocenters. The number of ether oxygens (including phenoxy) is 1. The van der Waals surface area contributed by atoms with Crippen molar-refractivity contribution in [1.29, 1.82) is 0 Å². The van der Waals surface area contributed by atoms with Gasteiger partial charge in [-0.3, -0.25) is 0 Å². The molecule has 0 amide bonds. The Labute approximate surface area is 77.7 Å². The maximum absolute atomic E-state index is 10.8. The Hall–Kier alpha value is -1.58. The quantitative estimate of drug-likeness (QED) is 0.668. The van der Waals surface area contributed by atoms with E-state index in [0.29, 0.717) is 11.4 Å². The number of pyridine rings is 1. The maximum atomic E-state index is 10.8. The minimum absolute atomic E-state index is 0.387. The second-order valence-electron chi connectivity index (χ2n) is 1.96. The number of aromatic nitrogens is 1. The minimum Gasteiger partial charge on any atom is -0.465 e. The molecule has 0 aliphatic rings. The number of nitrogen functional groups attached to an aromatic ring is 1. The first-order chi connectivity index (χ1) is 6.24. The van der Waals surface area contributed by atoms with Gasteiger partial charge in [0, 0.05) is 6.20 Å². The number of methoxy groups -OCH3 is 1. The van der Waals surface area contributed by atoms with Crippen LogP contribution in [0.1, 0.15) is 24.2 Å². The number of hydrogen-bond donors (Lipinski definition) is 1. The number of rotatable bonds is 1. The van der Waals surface area contributed by atoms with Crippen molar-refractivity contribution in [2.45, 2.75) is 13.8 Å². The highest BCUT2D eigenvalue weighted by Crippen LogP contribution is 2.01. The standard InChI is InChI=1S/C7H8N2O2.C2H6/c1-11-7(10)5-2-3-6(8)9-4-5;1-2/h2-4H,1H3,(H2,8,9);1-2H3. The van der Waals surface area contributed by atoms with E-state index in [0.717, 1.165) is 0 Å². The lowest BCUT2D eigenvalue weighted by Crippen LogP contribution is -2.02. The minimum atomic E-state index is -0.405. The maximum Gasteiger partial charge on any atom is 0.339 e. The zero-order valence-electron chi connectivity index (χ0n) is 8.07. The van der Waals surface area contributed by atoms with Crippen molar-refractivity contribution in [2.24, 2.45) is 0 Å². The molecule has 1 rings (SSSR count). The van der Waals surface area contributed by atoms with Gasteiger partial charge in [0.05, 0.1) is 12.7 Å². The molecule has 0 bridgehead atoms. The second-order valence-corrected chi connectivity index (χ2v) is 1.96. The third kappa shape index (κ3) is 3.55. The average molecular weight is 182 g/mol. The summed E-state index contributed by atoms with van der Waals surface area (Å²) in [5.74, 6) is -0.0184. The molecule has 0 radical (unpaired) electrons. The van der Waals surface area contributed by atoms with Crippen LogP contribution in [0.5, 0.6) is 0 Å². The van der Waals surface area contributed by atoms with Crippen LogP contribution in [0.25, 0.3) is 0 Å². The largest absolute Gasteiger partial charge is 0.465 e. The molecule has 0 atom stereocenters. The van der Waals surface area contributed by atoms with Gasteiger partial charge in [0.2, 0.25) is 0 Å². The van der Waals surface area contributed by atoms with Gasteiger partial charge in [-0.05, 0) is 12.1 Å². The molecule has 0 saturated heterocycles. The first-order valence-electron chi connectivity index (χ1n) is 4.04. The first-order valence-corrected chi connectivity index (χ1v) is 4.04. The number of anilines is 1. The Kier molecular flexibility index (Phi) is 5.27. The van der Waals surface area contributed by atoms with Crippen molar-refractivity contribution in [3.05, 3.63) is 23.9 Å². The summed E-state index contributed by atoms with van der Waals surface area (Å²) in [6.07, 6.45) is 1.38. The van der Waals surface area contributed by atoms with E-state index < -0.39 is 5.97 Å². The SMILES string of the molecule is CC.COC(=O)c1ccc(N)nc1. The van der Waals surface area contributed by atoms with Crippen LogP contribution in [0.2, 0.25) is 0 Å². The Balaban J connectivity index is 0.000000671. The molecule has 1 heterocycles. The third-order valence-corrected chi connectivity index (χ3v) is 1.21. The predicted octanol–water partition coefficient (Wildman–Crippen LogP) is 1.48. The molecule has 0 saturated carbocycles. The molecule has 0 aliphatic carbocycles. The zero-order chi connectivity index (χ0) is 10.3. The van der Waals surface area contributed by atoms with Gasteiger partial charge >= 0.3 is 5.97 Å². The van der Waals surface area contributed by atoms with E-state index in [1.807, 2.05) is 13.8 Å². The van der Waals surface area contributed by atoms with Gasteiger partial charge < -0.3 is 10.5 Å². The number of carbonyl (C=O) groups is 1. The van der Waals surface area contributed by atoms with Gasteiger partial charge in [0.1, 0.15) is 5.82 Å². The summed E-state index contributed by atoms with van der Waals surface area (Å²) in [5.41, 5.74) is 5.71. The summed E-state index contributed by atoms with van der Waals surface area (Å²) in [6, 6.07) is 3.11. The molecule has 0 aliphatic heterocycles. The fraction of sp³-hybridized carbons (Fsp3) is 0.333. The molecule has 0 fully saturated rings. The van der Waals surface area contributed by atoms with Crippen molar-refractivity contribution in [3.8, 4) is 0 Å². The van der Waals surface area contributed by atoms with E-state index in [4.69, 9.17) is 5.73 Å². The van der Waals surface area contributed by atoms with Crippen LogP contribution < -0.4 is 5.73 Å². The first kappa shape index (κ1) is 11.4. The summed E-state index contributed by atoms with van der Waals surface area (Å²) in [7, 11) is 1.32. The smallest absolute Gasteiger partial charge is 0.339 e. The number of hydrogen-bond acceptors (Lipinski definition) is 4. The molecule has 1 aromatic heterocycles. The van der Waals surface area contributed by atoms with Crippen LogP contribution in [0, 0.1) is 0 Å². The van der Waals surface area contributed by atoms with Crippen LogP contribution in [-0.4, -0.2) is 18.1 Å². The van der Waals surface area contributed by atoms with Gasteiger partial charge in [0.25, 0.3) is 0 Å². The molecular weight excluding hydrogens is 168 g/mol. The lowest BCUT2D eigenvalue weighted by Gasteiger charge is -1.97. The molecule has 4 heteroatoms. The zero-order valence-corrected chi connectivity index (χ0v) is 8.07. The highest BCUT2D eigenvalue weighted by Gasteiger charge is 2.03. The van der Waals surface area contributed by atoms with Crippen molar-refractivity contribution < 1.29 is 9.53 Å². The molecule has 0 spiro atoms. The van der Waals surface area contributed by atoms with E-state index in [1.165, 1.54) is 13.3 Å². The van der Waals surface area contributed by atoms with Crippen molar-refractivity contribution >= 4 is 11.8 Å². The lowest BCUT2D eigenvalue weighted by atomic mass is 10.3. The highest BCUT2D eigenvalue weighted by atomic mass is 16.5.